The first-order chi connectivity index (χ1) is 15.4. The predicted octanol–water partition coefficient (Wildman–Crippen LogP) is 5.29. The van der Waals surface area contributed by atoms with Crippen LogP contribution in [0.2, 0.25) is 5.02 Å². The maximum atomic E-state index is 12.6. The fourth-order valence-electron chi connectivity index (χ4n) is 5.52. The molecule has 2 aliphatic heterocycles. The molecule has 3 aliphatic rings. The zero-order chi connectivity index (χ0) is 22.5. The molecule has 1 aliphatic carbocycles. The van der Waals surface area contributed by atoms with E-state index in [1.54, 1.807) is 12.1 Å². The Morgan fingerprint density at radius 3 is 2.50 bits per heavy atom. The summed E-state index contributed by atoms with van der Waals surface area (Å²) in [6.07, 6.45) is 4.88. The van der Waals surface area contributed by atoms with Crippen molar-refractivity contribution in [3.8, 4) is 11.1 Å². The number of carbonyl (C=O) groups excluding carboxylic acids is 1. The maximum absolute atomic E-state index is 12.6. The summed E-state index contributed by atoms with van der Waals surface area (Å²) < 4.78 is 5.58. The highest BCUT2D eigenvalue weighted by Gasteiger charge is 2.55. The standard InChI is InChI=1S/C26H28ClNO4/c1-16-13-19(25(30)31)14-20(23(16)27)17-4-6-18(7-5-17)21-15-26(21)8-10-28(11-9-26)24(29)22-3-2-12-32-22/h4-7,13-14,21-22H,2-3,8-12,15H2,1H3,(H,30,31)/t21-,22?/m0/s1. The lowest BCUT2D eigenvalue weighted by molar-refractivity contribution is -0.142. The number of hydrogen-bond acceptors (Lipinski definition) is 3. The van der Waals surface area contributed by atoms with Crippen molar-refractivity contribution in [1.82, 2.24) is 4.90 Å². The van der Waals surface area contributed by atoms with Gasteiger partial charge < -0.3 is 14.7 Å². The van der Waals surface area contributed by atoms with Crippen molar-refractivity contribution in [2.24, 2.45) is 5.41 Å². The number of amides is 1. The van der Waals surface area contributed by atoms with Gasteiger partial charge in [-0.05, 0) is 79.2 Å². The molecule has 2 aromatic carbocycles. The smallest absolute Gasteiger partial charge is 0.335 e. The van der Waals surface area contributed by atoms with Crippen molar-refractivity contribution in [3.63, 3.8) is 0 Å². The van der Waals surface area contributed by atoms with Crippen LogP contribution in [0.4, 0.5) is 0 Å². The van der Waals surface area contributed by atoms with Crippen LogP contribution in [0, 0.1) is 12.3 Å². The molecule has 1 spiro atoms. The maximum Gasteiger partial charge on any atom is 0.335 e. The number of halogens is 1. The molecule has 5 nitrogen and oxygen atoms in total. The number of ether oxygens (including phenoxy) is 1. The summed E-state index contributed by atoms with van der Waals surface area (Å²) in [5.74, 6) is -0.249. The Labute approximate surface area is 193 Å². The molecule has 0 aromatic heterocycles. The Kier molecular flexibility index (Phi) is 5.50. The average molecular weight is 454 g/mol. The van der Waals surface area contributed by atoms with E-state index in [9.17, 15) is 14.7 Å². The third-order valence-electron chi connectivity index (χ3n) is 7.59. The number of carboxylic acid groups (broad SMARTS) is 1. The van der Waals surface area contributed by atoms with Crippen LogP contribution >= 0.6 is 11.6 Å². The van der Waals surface area contributed by atoms with Crippen LogP contribution in [0.5, 0.6) is 0 Å². The fourth-order valence-corrected chi connectivity index (χ4v) is 5.74. The lowest BCUT2D eigenvalue weighted by Gasteiger charge is -2.34. The van der Waals surface area contributed by atoms with E-state index in [1.165, 1.54) is 12.0 Å². The van der Waals surface area contributed by atoms with Gasteiger partial charge in [0.15, 0.2) is 0 Å². The molecule has 1 amide bonds. The van der Waals surface area contributed by atoms with Crippen LogP contribution < -0.4 is 0 Å². The van der Waals surface area contributed by atoms with Crippen molar-refractivity contribution in [3.05, 3.63) is 58.1 Å². The van der Waals surface area contributed by atoms with Crippen molar-refractivity contribution < 1.29 is 19.4 Å². The average Bonchev–Trinajstić information content (AvgIpc) is 3.21. The van der Waals surface area contributed by atoms with Gasteiger partial charge in [-0.3, -0.25) is 4.79 Å². The topological polar surface area (TPSA) is 66.8 Å². The van der Waals surface area contributed by atoms with Gasteiger partial charge >= 0.3 is 5.97 Å². The first kappa shape index (κ1) is 21.5. The Bertz CT molecular complexity index is 1050. The molecule has 0 radical (unpaired) electrons. The van der Waals surface area contributed by atoms with Crippen LogP contribution in [-0.2, 0) is 9.53 Å². The van der Waals surface area contributed by atoms with E-state index in [0.29, 0.717) is 23.0 Å². The Morgan fingerprint density at radius 1 is 1.16 bits per heavy atom. The monoisotopic (exact) mass is 453 g/mol. The van der Waals surface area contributed by atoms with Gasteiger partial charge in [0.1, 0.15) is 6.10 Å². The zero-order valence-corrected chi connectivity index (χ0v) is 19.0. The van der Waals surface area contributed by atoms with Crippen LogP contribution in [0.3, 0.4) is 0 Å². The summed E-state index contributed by atoms with van der Waals surface area (Å²) in [5, 5.41) is 9.97. The number of benzene rings is 2. The minimum atomic E-state index is -0.952. The van der Waals surface area contributed by atoms with Gasteiger partial charge in [-0.25, -0.2) is 4.79 Å². The van der Waals surface area contributed by atoms with Crippen LogP contribution in [0.1, 0.15) is 59.5 Å². The van der Waals surface area contributed by atoms with Crippen molar-refractivity contribution in [1.29, 1.82) is 0 Å². The lowest BCUT2D eigenvalue weighted by Crippen LogP contribution is -2.44. The molecule has 6 heteroatoms. The second-order valence-electron chi connectivity index (χ2n) is 9.53. The van der Waals surface area contributed by atoms with E-state index < -0.39 is 5.97 Å². The molecule has 3 fully saturated rings. The number of rotatable bonds is 4. The molecular formula is C26H28ClNO4. The van der Waals surface area contributed by atoms with Gasteiger partial charge in [0.2, 0.25) is 0 Å². The summed E-state index contributed by atoms with van der Waals surface area (Å²) in [6.45, 7) is 4.18. The number of hydrogen-bond donors (Lipinski definition) is 1. The largest absolute Gasteiger partial charge is 0.478 e. The fraction of sp³-hybridized carbons (Fsp3) is 0.462. The van der Waals surface area contributed by atoms with Gasteiger partial charge in [0.25, 0.3) is 5.91 Å². The summed E-state index contributed by atoms with van der Waals surface area (Å²) in [7, 11) is 0. The highest BCUT2D eigenvalue weighted by Crippen LogP contribution is 2.65. The van der Waals surface area contributed by atoms with Gasteiger partial charge in [0.05, 0.1) is 10.6 Å². The molecule has 168 valence electrons. The third kappa shape index (κ3) is 3.82. The van der Waals surface area contributed by atoms with Crippen LogP contribution in [0.15, 0.2) is 36.4 Å². The molecule has 2 atom stereocenters. The summed E-state index contributed by atoms with van der Waals surface area (Å²) in [4.78, 5) is 26.1. The van der Waals surface area contributed by atoms with Gasteiger partial charge in [-0.1, -0.05) is 35.9 Å². The van der Waals surface area contributed by atoms with Crippen LogP contribution in [-0.4, -0.2) is 47.7 Å². The Hall–Kier alpha value is -2.37. The molecule has 2 heterocycles. The second-order valence-corrected chi connectivity index (χ2v) is 9.91. The van der Waals surface area contributed by atoms with Gasteiger partial charge in [0, 0.05) is 25.3 Å². The number of carboxylic acids is 1. The molecule has 1 N–H and O–H groups in total. The number of carbonyl (C=O) groups is 2. The van der Waals surface area contributed by atoms with Crippen molar-refractivity contribution >= 4 is 23.5 Å². The van der Waals surface area contributed by atoms with Gasteiger partial charge in [-0.2, -0.15) is 0 Å². The third-order valence-corrected chi connectivity index (χ3v) is 8.09. The molecule has 2 aromatic rings. The SMILES string of the molecule is Cc1cc(C(=O)O)cc(-c2ccc([C@@H]3CC34CCN(C(=O)C3CCCO3)CC4)cc2)c1Cl. The highest BCUT2D eigenvalue weighted by molar-refractivity contribution is 6.34. The highest BCUT2D eigenvalue weighted by atomic mass is 35.5. The Balaban J connectivity index is 1.27. The number of aryl methyl sites for hydroxylation is 1. The number of piperidine rings is 1. The molecule has 32 heavy (non-hydrogen) atoms. The van der Waals surface area contributed by atoms with E-state index in [1.807, 2.05) is 24.0 Å². The minimum absolute atomic E-state index is 0.176. The lowest BCUT2D eigenvalue weighted by atomic mass is 9.88. The minimum Gasteiger partial charge on any atom is -0.478 e. The number of nitrogens with zero attached hydrogens (tertiary/aromatic N) is 1. The number of aromatic carboxylic acids is 1. The summed E-state index contributed by atoms with van der Waals surface area (Å²) >= 11 is 6.49. The van der Waals surface area contributed by atoms with Crippen LogP contribution in [0.25, 0.3) is 11.1 Å². The van der Waals surface area contributed by atoms with Gasteiger partial charge in [-0.15, -0.1) is 0 Å². The summed E-state index contributed by atoms with van der Waals surface area (Å²) in [6, 6.07) is 11.6. The molecule has 2 saturated heterocycles. The van der Waals surface area contributed by atoms with E-state index >= 15 is 0 Å². The van der Waals surface area contributed by atoms with Crippen molar-refractivity contribution in [2.45, 2.75) is 51.0 Å². The normalized spacial score (nSPS) is 24.0. The quantitative estimate of drug-likeness (QED) is 0.683. The molecular weight excluding hydrogens is 426 g/mol. The molecule has 1 saturated carbocycles. The molecule has 5 rings (SSSR count). The van der Waals surface area contributed by atoms with Crippen molar-refractivity contribution in [2.75, 3.05) is 19.7 Å². The van der Waals surface area contributed by atoms with E-state index in [2.05, 4.69) is 12.1 Å². The zero-order valence-electron chi connectivity index (χ0n) is 18.3. The van der Waals surface area contributed by atoms with E-state index in [4.69, 9.17) is 16.3 Å². The molecule has 0 bridgehead atoms. The first-order valence-corrected chi connectivity index (χ1v) is 11.8. The van der Waals surface area contributed by atoms with E-state index in [-0.39, 0.29) is 17.6 Å². The summed E-state index contributed by atoms with van der Waals surface area (Å²) in [5.41, 5.74) is 4.31. The predicted molar refractivity (Wildman–Crippen MR) is 123 cm³/mol. The first-order valence-electron chi connectivity index (χ1n) is 11.4. The van der Waals surface area contributed by atoms with E-state index in [0.717, 1.165) is 55.5 Å². The second kappa shape index (κ2) is 8.20. The Morgan fingerprint density at radius 2 is 1.88 bits per heavy atom. The molecule has 1 unspecified atom stereocenters. The number of likely N-dealkylation sites (tertiary alicyclic amines) is 1.